The number of nitrogens with zero attached hydrogens (tertiary/aromatic N) is 3. The number of hydrogen-bond acceptors (Lipinski definition) is 8. The number of anilines is 1. The number of hydrogen-bond donors (Lipinski definition) is 1. The molecule has 0 aliphatic carbocycles. The molecule has 0 unspecified atom stereocenters. The fourth-order valence-electron chi connectivity index (χ4n) is 4.37. The average molecular weight is 487 g/mol. The molecule has 5 rings (SSSR count). The van der Waals surface area contributed by atoms with Crippen molar-refractivity contribution in [2.75, 3.05) is 31.6 Å². The molecule has 5 heterocycles. The van der Waals surface area contributed by atoms with Gasteiger partial charge in [-0.15, -0.1) is 0 Å². The van der Waals surface area contributed by atoms with E-state index in [0.717, 1.165) is 37.9 Å². The first-order valence-corrected chi connectivity index (χ1v) is 12.5. The number of aryl methyl sites for hydroxylation is 1. The molecule has 3 fully saturated rings. The Morgan fingerprint density at radius 3 is 2.73 bits per heavy atom. The largest absolute Gasteiger partial charge is 0.376 e. The van der Waals surface area contributed by atoms with Crippen LogP contribution in [0, 0.1) is 6.92 Å². The highest BCUT2D eigenvalue weighted by Gasteiger charge is 2.35. The van der Waals surface area contributed by atoms with Gasteiger partial charge in [0, 0.05) is 26.0 Å². The lowest BCUT2D eigenvalue weighted by atomic mass is 10.2. The molecule has 0 bridgehead atoms. The number of rotatable bonds is 6. The molecule has 1 amide bonds. The minimum Gasteiger partial charge on any atom is -0.376 e. The number of carbonyl (C=O) groups is 1. The SMILES string of the molecule is Cc1cccn2c(=O)c(/C=C3\SC(=S)N(C[C@H]4CCCO4)C3=O)c(NC[C@H]3CCCO3)nc12. The Kier molecular flexibility index (Phi) is 6.51. The van der Waals surface area contributed by atoms with E-state index in [4.69, 9.17) is 26.7 Å². The van der Waals surface area contributed by atoms with Gasteiger partial charge in [-0.25, -0.2) is 4.98 Å². The average Bonchev–Trinajstić information content (AvgIpc) is 3.55. The molecule has 8 nitrogen and oxygen atoms in total. The molecule has 0 aromatic carbocycles. The number of aromatic nitrogens is 2. The molecule has 0 radical (unpaired) electrons. The van der Waals surface area contributed by atoms with Crippen LogP contribution in [0.1, 0.15) is 36.8 Å². The van der Waals surface area contributed by atoms with E-state index >= 15 is 0 Å². The monoisotopic (exact) mass is 486 g/mol. The number of nitrogens with one attached hydrogen (secondary N) is 1. The first-order chi connectivity index (χ1) is 16.0. The highest BCUT2D eigenvalue weighted by atomic mass is 32.2. The van der Waals surface area contributed by atoms with Crippen LogP contribution in [-0.2, 0) is 14.3 Å². The Balaban J connectivity index is 1.50. The molecule has 2 aromatic heterocycles. The molecule has 33 heavy (non-hydrogen) atoms. The summed E-state index contributed by atoms with van der Waals surface area (Å²) in [6, 6.07) is 3.73. The van der Waals surface area contributed by atoms with E-state index in [1.807, 2.05) is 19.1 Å². The second kappa shape index (κ2) is 9.54. The van der Waals surface area contributed by atoms with Crippen molar-refractivity contribution in [3.05, 3.63) is 44.7 Å². The third kappa shape index (κ3) is 4.57. The summed E-state index contributed by atoms with van der Waals surface area (Å²) in [6.45, 7) is 4.38. The molecule has 3 aliphatic heterocycles. The highest BCUT2D eigenvalue weighted by molar-refractivity contribution is 8.26. The molecule has 0 spiro atoms. The number of ether oxygens (including phenoxy) is 2. The minimum atomic E-state index is -0.233. The van der Waals surface area contributed by atoms with Gasteiger partial charge >= 0.3 is 0 Å². The molecule has 2 aromatic rings. The zero-order chi connectivity index (χ0) is 22.9. The Hall–Kier alpha value is -2.27. The fourth-order valence-corrected chi connectivity index (χ4v) is 5.63. The van der Waals surface area contributed by atoms with Gasteiger partial charge in [-0.05, 0) is 50.3 Å². The van der Waals surface area contributed by atoms with E-state index in [1.165, 1.54) is 16.2 Å². The number of pyridine rings is 1. The van der Waals surface area contributed by atoms with Crippen LogP contribution in [0.3, 0.4) is 0 Å². The van der Waals surface area contributed by atoms with Gasteiger partial charge in [0.2, 0.25) is 0 Å². The highest BCUT2D eigenvalue weighted by Crippen LogP contribution is 2.34. The van der Waals surface area contributed by atoms with E-state index in [9.17, 15) is 9.59 Å². The summed E-state index contributed by atoms with van der Waals surface area (Å²) >= 11 is 6.68. The summed E-state index contributed by atoms with van der Waals surface area (Å²) in [7, 11) is 0. The Labute approximate surface area is 201 Å². The molecule has 10 heteroatoms. The lowest BCUT2D eigenvalue weighted by Gasteiger charge is -2.18. The first-order valence-electron chi connectivity index (χ1n) is 11.3. The number of thiocarbonyl (C=S) groups is 1. The fraction of sp³-hybridized carbons (Fsp3) is 0.478. The van der Waals surface area contributed by atoms with Crippen molar-refractivity contribution in [2.24, 2.45) is 0 Å². The molecule has 1 N–H and O–H groups in total. The lowest BCUT2D eigenvalue weighted by molar-refractivity contribution is -0.123. The number of carbonyl (C=O) groups excluding carboxylic acids is 1. The topological polar surface area (TPSA) is 85.2 Å². The maximum absolute atomic E-state index is 13.5. The summed E-state index contributed by atoms with van der Waals surface area (Å²) in [5, 5.41) is 3.30. The number of fused-ring (bicyclic) bond motifs is 1. The van der Waals surface area contributed by atoms with Gasteiger partial charge in [0.25, 0.3) is 11.5 Å². The second-order valence-corrected chi connectivity index (χ2v) is 10.2. The Morgan fingerprint density at radius 2 is 2.00 bits per heavy atom. The molecule has 3 saturated heterocycles. The number of thioether (sulfide) groups is 1. The lowest BCUT2D eigenvalue weighted by Crippen LogP contribution is -2.35. The van der Waals surface area contributed by atoms with Crippen LogP contribution < -0.4 is 10.9 Å². The third-order valence-electron chi connectivity index (χ3n) is 6.16. The predicted molar refractivity (Wildman–Crippen MR) is 133 cm³/mol. The maximum atomic E-state index is 13.5. The van der Waals surface area contributed by atoms with Gasteiger partial charge in [-0.2, -0.15) is 0 Å². The van der Waals surface area contributed by atoms with Crippen LogP contribution >= 0.6 is 24.0 Å². The van der Waals surface area contributed by atoms with Crippen molar-refractivity contribution in [1.29, 1.82) is 0 Å². The quantitative estimate of drug-likeness (QED) is 0.493. The summed E-state index contributed by atoms with van der Waals surface area (Å²) in [5.74, 6) is 0.258. The van der Waals surface area contributed by atoms with E-state index < -0.39 is 0 Å². The van der Waals surface area contributed by atoms with Crippen LogP contribution in [0.25, 0.3) is 11.7 Å². The Morgan fingerprint density at radius 1 is 1.24 bits per heavy atom. The van der Waals surface area contributed by atoms with Crippen molar-refractivity contribution in [3.8, 4) is 0 Å². The van der Waals surface area contributed by atoms with Crippen molar-refractivity contribution >= 4 is 51.7 Å². The standard InChI is InChI=1S/C23H26N4O4S2/c1-14-5-2-8-26-20(14)25-19(24-12-15-6-3-9-30-15)17(21(26)28)11-18-22(29)27(23(32)33-18)13-16-7-4-10-31-16/h2,5,8,11,15-16,24H,3-4,6-7,9-10,12-13H2,1H3/b18-11-/t15-,16-/m1/s1. The van der Waals surface area contributed by atoms with E-state index in [-0.39, 0.29) is 23.7 Å². The van der Waals surface area contributed by atoms with E-state index in [1.54, 1.807) is 17.2 Å². The van der Waals surface area contributed by atoms with Crippen molar-refractivity contribution in [3.63, 3.8) is 0 Å². The van der Waals surface area contributed by atoms with Crippen LogP contribution in [0.4, 0.5) is 5.82 Å². The molecular formula is C23H26N4O4S2. The predicted octanol–water partition coefficient (Wildman–Crippen LogP) is 2.97. The van der Waals surface area contributed by atoms with Crippen LogP contribution in [0.15, 0.2) is 28.0 Å². The summed E-state index contributed by atoms with van der Waals surface area (Å²) in [6.07, 6.45) is 7.32. The summed E-state index contributed by atoms with van der Waals surface area (Å²) in [4.78, 5) is 33.3. The van der Waals surface area contributed by atoms with Crippen molar-refractivity contribution in [2.45, 2.75) is 44.8 Å². The minimum absolute atomic E-state index is 0.00595. The van der Waals surface area contributed by atoms with E-state index in [2.05, 4.69) is 5.32 Å². The van der Waals surface area contributed by atoms with Crippen molar-refractivity contribution < 1.29 is 14.3 Å². The first kappa shape index (κ1) is 22.5. The van der Waals surface area contributed by atoms with Gasteiger partial charge in [-0.3, -0.25) is 18.9 Å². The number of amides is 1. The molecule has 174 valence electrons. The third-order valence-corrected chi connectivity index (χ3v) is 7.54. The van der Waals surface area contributed by atoms with Crippen LogP contribution in [-0.4, -0.2) is 63.0 Å². The normalized spacial score (nSPS) is 24.5. The van der Waals surface area contributed by atoms with Gasteiger partial charge < -0.3 is 14.8 Å². The summed E-state index contributed by atoms with van der Waals surface area (Å²) in [5.41, 5.74) is 1.58. The molecule has 2 atom stereocenters. The summed E-state index contributed by atoms with van der Waals surface area (Å²) < 4.78 is 13.4. The van der Waals surface area contributed by atoms with Gasteiger partial charge in [0.1, 0.15) is 15.8 Å². The second-order valence-electron chi connectivity index (χ2n) is 8.51. The van der Waals surface area contributed by atoms with Crippen LogP contribution in [0.5, 0.6) is 0 Å². The zero-order valence-electron chi connectivity index (χ0n) is 18.4. The van der Waals surface area contributed by atoms with Gasteiger partial charge in [0.15, 0.2) is 0 Å². The van der Waals surface area contributed by atoms with Gasteiger partial charge in [-0.1, -0.05) is 30.0 Å². The zero-order valence-corrected chi connectivity index (χ0v) is 20.0. The molecular weight excluding hydrogens is 460 g/mol. The van der Waals surface area contributed by atoms with E-state index in [0.29, 0.717) is 46.0 Å². The van der Waals surface area contributed by atoms with Gasteiger partial charge in [0.05, 0.1) is 29.2 Å². The smallest absolute Gasteiger partial charge is 0.267 e. The van der Waals surface area contributed by atoms with Crippen LogP contribution in [0.2, 0.25) is 0 Å². The maximum Gasteiger partial charge on any atom is 0.267 e. The molecule has 0 saturated carbocycles. The van der Waals surface area contributed by atoms with Crippen molar-refractivity contribution in [1.82, 2.24) is 14.3 Å². The Bertz CT molecular complexity index is 1180. The molecule has 3 aliphatic rings.